The van der Waals surface area contributed by atoms with Crippen molar-refractivity contribution < 1.29 is 8.42 Å². The zero-order chi connectivity index (χ0) is 14.0. The van der Waals surface area contributed by atoms with E-state index in [1.54, 1.807) is 10.4 Å². The molecule has 0 atom stereocenters. The maximum absolute atomic E-state index is 12.6. The number of nitrogens with zero attached hydrogens (tertiary/aromatic N) is 1. The Balaban J connectivity index is 2.20. The normalized spacial score (nSPS) is 18.9. The van der Waals surface area contributed by atoms with Gasteiger partial charge in [0.25, 0.3) is 0 Å². The number of hydrogen-bond acceptors (Lipinski definition) is 4. The summed E-state index contributed by atoms with van der Waals surface area (Å²) in [6, 6.07) is 1.74. The molecule has 108 valence electrons. The lowest BCUT2D eigenvalue weighted by molar-refractivity contribution is 0.269. The molecular weight excluding hydrogens is 280 g/mol. The van der Waals surface area contributed by atoms with Crippen LogP contribution >= 0.6 is 11.3 Å². The molecule has 0 radical (unpaired) electrons. The van der Waals surface area contributed by atoms with Crippen LogP contribution in [0.2, 0.25) is 0 Å². The lowest BCUT2D eigenvalue weighted by Crippen LogP contribution is -2.38. The molecule has 1 aromatic heterocycles. The van der Waals surface area contributed by atoms with E-state index in [9.17, 15) is 8.42 Å². The average Bonchev–Trinajstić information content (AvgIpc) is 2.81. The van der Waals surface area contributed by atoms with Crippen LogP contribution in [0.15, 0.2) is 11.0 Å². The number of sulfonamides is 1. The molecule has 0 spiro atoms. The van der Waals surface area contributed by atoms with Crippen LogP contribution in [-0.4, -0.2) is 25.8 Å². The van der Waals surface area contributed by atoms with Gasteiger partial charge in [0.2, 0.25) is 10.0 Å². The van der Waals surface area contributed by atoms with Crippen LogP contribution in [0.4, 0.5) is 0 Å². The molecule has 0 aliphatic carbocycles. The van der Waals surface area contributed by atoms with Crippen molar-refractivity contribution in [2.45, 2.75) is 44.6 Å². The smallest absolute Gasteiger partial charge is 0.244 e. The lowest BCUT2D eigenvalue weighted by Gasteiger charge is -2.30. The van der Waals surface area contributed by atoms with Crippen molar-refractivity contribution >= 4 is 21.4 Å². The molecule has 2 heterocycles. The van der Waals surface area contributed by atoms with Crippen molar-refractivity contribution in [3.8, 4) is 0 Å². The van der Waals surface area contributed by atoms with Gasteiger partial charge in [-0.1, -0.05) is 13.3 Å². The Hall–Kier alpha value is -0.430. The van der Waals surface area contributed by atoms with Crippen molar-refractivity contribution in [3.63, 3.8) is 0 Å². The Morgan fingerprint density at radius 2 is 2.05 bits per heavy atom. The monoisotopic (exact) mass is 302 g/mol. The minimum absolute atomic E-state index is 0.402. The van der Waals surface area contributed by atoms with Gasteiger partial charge in [-0.2, -0.15) is 4.31 Å². The maximum atomic E-state index is 12.6. The van der Waals surface area contributed by atoms with Gasteiger partial charge in [-0.3, -0.25) is 0 Å². The molecule has 2 N–H and O–H groups in total. The van der Waals surface area contributed by atoms with Gasteiger partial charge in [0.1, 0.15) is 0 Å². The van der Waals surface area contributed by atoms with Crippen LogP contribution in [0.25, 0.3) is 0 Å². The van der Waals surface area contributed by atoms with Crippen LogP contribution in [0.5, 0.6) is 0 Å². The highest BCUT2D eigenvalue weighted by Gasteiger charge is 2.30. The fourth-order valence-corrected chi connectivity index (χ4v) is 5.53. The van der Waals surface area contributed by atoms with Crippen molar-refractivity contribution in [2.24, 2.45) is 11.7 Å². The predicted molar refractivity (Wildman–Crippen MR) is 78.7 cm³/mol. The Bertz CT molecular complexity index is 529. The Morgan fingerprint density at radius 3 is 2.53 bits per heavy atom. The summed E-state index contributed by atoms with van der Waals surface area (Å²) in [6.45, 7) is 5.72. The number of hydrogen-bond donors (Lipinski definition) is 1. The summed E-state index contributed by atoms with van der Waals surface area (Å²) >= 11 is 1.48. The van der Waals surface area contributed by atoms with Gasteiger partial charge >= 0.3 is 0 Å². The highest BCUT2D eigenvalue weighted by atomic mass is 32.2. The van der Waals surface area contributed by atoms with Crippen molar-refractivity contribution in [3.05, 3.63) is 15.8 Å². The van der Waals surface area contributed by atoms with Gasteiger partial charge in [-0.25, -0.2) is 8.42 Å². The summed E-state index contributed by atoms with van der Waals surface area (Å²) in [4.78, 5) is 2.23. The van der Waals surface area contributed by atoms with E-state index in [2.05, 4.69) is 6.92 Å². The second-order valence-electron chi connectivity index (χ2n) is 5.09. The third kappa shape index (κ3) is 3.02. The first-order valence-electron chi connectivity index (χ1n) is 6.78. The number of thiophene rings is 1. The molecule has 1 fully saturated rings. The molecule has 4 nitrogen and oxygen atoms in total. The van der Waals surface area contributed by atoms with E-state index in [-0.39, 0.29) is 0 Å². The first-order valence-corrected chi connectivity index (χ1v) is 9.04. The summed E-state index contributed by atoms with van der Waals surface area (Å²) < 4.78 is 26.9. The van der Waals surface area contributed by atoms with Gasteiger partial charge in [0.05, 0.1) is 4.90 Å². The maximum Gasteiger partial charge on any atom is 0.244 e. The molecule has 0 saturated carbocycles. The molecule has 19 heavy (non-hydrogen) atoms. The largest absolute Gasteiger partial charge is 0.326 e. The van der Waals surface area contributed by atoms with Crippen LogP contribution in [0.3, 0.4) is 0 Å². The van der Waals surface area contributed by atoms with E-state index in [4.69, 9.17) is 5.73 Å². The van der Waals surface area contributed by atoms with Gasteiger partial charge in [0, 0.05) is 29.4 Å². The fourth-order valence-electron chi connectivity index (χ4n) is 2.58. The SMILES string of the molecule is CCC1CCN(S(=O)(=O)c2cc(CN)sc2C)CC1. The fraction of sp³-hybridized carbons (Fsp3) is 0.692. The summed E-state index contributed by atoms with van der Waals surface area (Å²) in [6.07, 6.45) is 3.09. The molecular formula is C13H22N2O2S2. The Morgan fingerprint density at radius 1 is 1.42 bits per heavy atom. The van der Waals surface area contributed by atoms with E-state index in [0.717, 1.165) is 29.0 Å². The number of nitrogens with two attached hydrogens (primary N) is 1. The summed E-state index contributed by atoms with van der Waals surface area (Å²) in [5.74, 6) is 0.676. The minimum Gasteiger partial charge on any atom is -0.326 e. The summed E-state index contributed by atoms with van der Waals surface area (Å²) in [5.41, 5.74) is 5.59. The molecule has 0 aromatic carbocycles. The second-order valence-corrected chi connectivity index (χ2v) is 8.34. The highest BCUT2D eigenvalue weighted by Crippen LogP contribution is 2.30. The van der Waals surface area contributed by atoms with E-state index in [1.165, 1.54) is 11.3 Å². The van der Waals surface area contributed by atoms with E-state index in [1.807, 2.05) is 6.92 Å². The van der Waals surface area contributed by atoms with Crippen LogP contribution in [-0.2, 0) is 16.6 Å². The zero-order valence-electron chi connectivity index (χ0n) is 11.6. The van der Waals surface area contributed by atoms with Crippen molar-refractivity contribution in [2.75, 3.05) is 13.1 Å². The van der Waals surface area contributed by atoms with E-state index < -0.39 is 10.0 Å². The molecule has 1 aromatic rings. The topological polar surface area (TPSA) is 63.4 Å². The number of piperidine rings is 1. The lowest BCUT2D eigenvalue weighted by atomic mass is 9.96. The summed E-state index contributed by atoms with van der Waals surface area (Å²) in [5, 5.41) is 0. The van der Waals surface area contributed by atoms with Crippen molar-refractivity contribution in [1.29, 1.82) is 0 Å². The van der Waals surface area contributed by atoms with Gasteiger partial charge < -0.3 is 5.73 Å². The third-order valence-corrected chi connectivity index (χ3v) is 7.12. The minimum atomic E-state index is -3.33. The van der Waals surface area contributed by atoms with Gasteiger partial charge in [-0.15, -0.1) is 11.3 Å². The van der Waals surface area contributed by atoms with Crippen LogP contribution < -0.4 is 5.73 Å². The number of aryl methyl sites for hydroxylation is 1. The first kappa shape index (κ1) is 15.0. The predicted octanol–water partition coefficient (Wildman–Crippen LogP) is 2.33. The third-order valence-electron chi connectivity index (χ3n) is 3.89. The van der Waals surface area contributed by atoms with Crippen LogP contribution in [0, 0.1) is 12.8 Å². The molecule has 1 aliphatic rings. The van der Waals surface area contributed by atoms with Crippen molar-refractivity contribution in [1.82, 2.24) is 4.31 Å². The zero-order valence-corrected chi connectivity index (χ0v) is 13.2. The van der Waals surface area contributed by atoms with E-state index >= 15 is 0 Å². The molecule has 6 heteroatoms. The van der Waals surface area contributed by atoms with E-state index in [0.29, 0.717) is 30.4 Å². The average molecular weight is 302 g/mol. The van der Waals surface area contributed by atoms with Crippen LogP contribution in [0.1, 0.15) is 35.9 Å². The molecule has 0 unspecified atom stereocenters. The molecule has 1 aliphatic heterocycles. The molecule has 0 bridgehead atoms. The van der Waals surface area contributed by atoms with Gasteiger partial charge in [0.15, 0.2) is 0 Å². The highest BCUT2D eigenvalue weighted by molar-refractivity contribution is 7.89. The number of rotatable bonds is 4. The standard InChI is InChI=1S/C13H22N2O2S2/c1-3-11-4-6-15(7-5-11)19(16,17)13-8-12(9-14)18-10(13)2/h8,11H,3-7,9,14H2,1-2H3. The summed E-state index contributed by atoms with van der Waals surface area (Å²) in [7, 11) is -3.33. The first-order chi connectivity index (χ1) is 8.98. The molecule has 2 rings (SSSR count). The van der Waals surface area contributed by atoms with Gasteiger partial charge in [-0.05, 0) is 31.7 Å². The molecule has 0 amide bonds. The Labute approximate surface area is 119 Å². The quantitative estimate of drug-likeness (QED) is 0.928. The second kappa shape index (κ2) is 5.91. The Kier molecular flexibility index (Phi) is 4.66. The molecule has 1 saturated heterocycles.